The van der Waals surface area contributed by atoms with Crippen LogP contribution in [0, 0.1) is 0 Å². The first-order valence-electron chi connectivity index (χ1n) is 8.26. The van der Waals surface area contributed by atoms with Crippen molar-refractivity contribution >= 4 is 43.6 Å². The van der Waals surface area contributed by atoms with E-state index in [-0.39, 0.29) is 5.56 Å². The van der Waals surface area contributed by atoms with Crippen molar-refractivity contribution in [3.05, 3.63) is 70.1 Å². The van der Waals surface area contributed by atoms with Crippen molar-refractivity contribution in [1.29, 1.82) is 0 Å². The molecule has 0 aliphatic heterocycles. The highest BCUT2D eigenvalue weighted by molar-refractivity contribution is 7.22. The summed E-state index contributed by atoms with van der Waals surface area (Å²) in [6, 6.07) is 14.6. The SMILES string of the molecule is CC(C)c1cccc2sc(NC(=O)c3cc4ccccc4oc3=O)nc12. The quantitative estimate of drug-likeness (QED) is 0.531. The van der Waals surface area contributed by atoms with Crippen LogP contribution in [-0.4, -0.2) is 10.9 Å². The highest BCUT2D eigenvalue weighted by Gasteiger charge is 2.17. The molecule has 5 nitrogen and oxygen atoms in total. The Morgan fingerprint density at radius 1 is 1.15 bits per heavy atom. The van der Waals surface area contributed by atoms with Gasteiger partial charge in [-0.1, -0.05) is 55.5 Å². The number of nitrogens with zero attached hydrogens (tertiary/aromatic N) is 1. The number of fused-ring (bicyclic) bond motifs is 2. The molecular formula is C20H16N2O3S. The lowest BCUT2D eigenvalue weighted by atomic mass is 10.0. The van der Waals surface area contributed by atoms with E-state index in [4.69, 9.17) is 4.42 Å². The number of amides is 1. The van der Waals surface area contributed by atoms with Crippen LogP contribution in [0.3, 0.4) is 0 Å². The van der Waals surface area contributed by atoms with E-state index in [0.29, 0.717) is 22.0 Å². The van der Waals surface area contributed by atoms with Gasteiger partial charge in [-0.2, -0.15) is 0 Å². The van der Waals surface area contributed by atoms with E-state index < -0.39 is 11.5 Å². The summed E-state index contributed by atoms with van der Waals surface area (Å²) in [5.74, 6) is -0.188. The summed E-state index contributed by atoms with van der Waals surface area (Å²) in [5, 5.41) is 3.89. The Hall–Kier alpha value is -2.99. The molecule has 1 N–H and O–H groups in total. The number of aromatic nitrogens is 1. The van der Waals surface area contributed by atoms with Crippen LogP contribution in [0.2, 0.25) is 0 Å². The molecule has 2 aromatic heterocycles. The standard InChI is InChI=1S/C20H16N2O3S/c1-11(2)13-7-5-9-16-17(13)21-20(26-16)22-18(23)14-10-12-6-3-4-8-15(12)25-19(14)24/h3-11H,1-2H3,(H,21,22,23). The Morgan fingerprint density at radius 2 is 1.96 bits per heavy atom. The fourth-order valence-electron chi connectivity index (χ4n) is 2.87. The predicted molar refractivity (Wildman–Crippen MR) is 104 cm³/mol. The molecule has 2 aromatic carbocycles. The van der Waals surface area contributed by atoms with Gasteiger partial charge >= 0.3 is 5.63 Å². The molecule has 0 fully saturated rings. The maximum absolute atomic E-state index is 12.6. The molecule has 6 heteroatoms. The smallest absolute Gasteiger partial charge is 0.349 e. The first kappa shape index (κ1) is 16.5. The molecule has 4 rings (SSSR count). The molecule has 4 aromatic rings. The average Bonchev–Trinajstić information content (AvgIpc) is 3.02. The number of carbonyl (C=O) groups excluding carboxylic acids is 1. The summed E-state index contributed by atoms with van der Waals surface area (Å²) < 4.78 is 6.22. The van der Waals surface area contributed by atoms with Gasteiger partial charge in [-0.25, -0.2) is 9.78 Å². The zero-order chi connectivity index (χ0) is 18.3. The van der Waals surface area contributed by atoms with E-state index in [2.05, 4.69) is 24.1 Å². The molecule has 1 amide bonds. The number of nitrogens with one attached hydrogen (secondary N) is 1. The van der Waals surface area contributed by atoms with E-state index in [0.717, 1.165) is 15.8 Å². The van der Waals surface area contributed by atoms with Gasteiger partial charge in [0.2, 0.25) is 0 Å². The van der Waals surface area contributed by atoms with Crippen LogP contribution in [0.5, 0.6) is 0 Å². The Morgan fingerprint density at radius 3 is 2.77 bits per heavy atom. The van der Waals surface area contributed by atoms with Gasteiger partial charge in [-0.3, -0.25) is 10.1 Å². The van der Waals surface area contributed by atoms with Gasteiger partial charge in [-0.15, -0.1) is 0 Å². The second-order valence-electron chi connectivity index (χ2n) is 6.31. The number of rotatable bonds is 3. The van der Waals surface area contributed by atoms with Crippen LogP contribution < -0.4 is 10.9 Å². The fraction of sp³-hybridized carbons (Fsp3) is 0.150. The van der Waals surface area contributed by atoms with E-state index >= 15 is 0 Å². The summed E-state index contributed by atoms with van der Waals surface area (Å²) in [6.07, 6.45) is 0. The molecule has 0 aliphatic carbocycles. The third kappa shape index (κ3) is 2.88. The van der Waals surface area contributed by atoms with Crippen molar-refractivity contribution in [2.24, 2.45) is 0 Å². The van der Waals surface area contributed by atoms with Crippen molar-refractivity contribution in [3.63, 3.8) is 0 Å². The molecule has 0 bridgehead atoms. The van der Waals surface area contributed by atoms with Crippen LogP contribution in [0.25, 0.3) is 21.2 Å². The van der Waals surface area contributed by atoms with E-state index in [1.807, 2.05) is 24.3 Å². The fourth-order valence-corrected chi connectivity index (χ4v) is 3.77. The number of hydrogen-bond acceptors (Lipinski definition) is 5. The van der Waals surface area contributed by atoms with Crippen LogP contribution in [0.15, 0.2) is 57.7 Å². The normalized spacial score (nSPS) is 11.3. The topological polar surface area (TPSA) is 72.2 Å². The Balaban J connectivity index is 1.70. The number of thiazole rings is 1. The van der Waals surface area contributed by atoms with E-state index in [1.54, 1.807) is 24.3 Å². The molecule has 0 atom stereocenters. The van der Waals surface area contributed by atoms with Crippen molar-refractivity contribution in [2.75, 3.05) is 5.32 Å². The second kappa shape index (κ2) is 6.38. The molecule has 130 valence electrons. The van der Waals surface area contributed by atoms with Crippen LogP contribution >= 0.6 is 11.3 Å². The lowest BCUT2D eigenvalue weighted by Gasteiger charge is -2.04. The third-order valence-corrected chi connectivity index (χ3v) is 5.11. The second-order valence-corrected chi connectivity index (χ2v) is 7.34. The summed E-state index contributed by atoms with van der Waals surface area (Å²) in [4.78, 5) is 29.3. The van der Waals surface area contributed by atoms with Crippen molar-refractivity contribution in [3.8, 4) is 0 Å². The zero-order valence-electron chi connectivity index (χ0n) is 14.3. The van der Waals surface area contributed by atoms with Gasteiger partial charge in [0.1, 0.15) is 11.1 Å². The molecular weight excluding hydrogens is 348 g/mol. The minimum absolute atomic E-state index is 0.0351. The van der Waals surface area contributed by atoms with Crippen molar-refractivity contribution in [2.45, 2.75) is 19.8 Å². The summed E-state index contributed by atoms with van der Waals surface area (Å²) in [6.45, 7) is 4.21. The third-order valence-electron chi connectivity index (χ3n) is 4.18. The Kier molecular flexibility index (Phi) is 4.05. The molecule has 0 saturated heterocycles. The monoisotopic (exact) mass is 364 g/mol. The Bertz CT molecular complexity index is 1190. The van der Waals surface area contributed by atoms with Gasteiger partial charge in [0.05, 0.1) is 10.2 Å². The summed E-state index contributed by atoms with van der Waals surface area (Å²) in [7, 11) is 0. The van der Waals surface area contributed by atoms with Gasteiger partial charge in [0, 0.05) is 5.39 Å². The number of para-hydroxylation sites is 2. The van der Waals surface area contributed by atoms with Gasteiger partial charge in [-0.05, 0) is 29.7 Å². The molecule has 0 spiro atoms. The minimum atomic E-state index is -0.662. The van der Waals surface area contributed by atoms with Crippen molar-refractivity contribution < 1.29 is 9.21 Å². The summed E-state index contributed by atoms with van der Waals surface area (Å²) >= 11 is 1.39. The molecule has 26 heavy (non-hydrogen) atoms. The molecule has 0 saturated carbocycles. The van der Waals surface area contributed by atoms with Gasteiger partial charge in [0.15, 0.2) is 5.13 Å². The van der Waals surface area contributed by atoms with Crippen LogP contribution in [-0.2, 0) is 0 Å². The van der Waals surface area contributed by atoms with Gasteiger partial charge in [0.25, 0.3) is 5.91 Å². The van der Waals surface area contributed by atoms with E-state index in [1.165, 1.54) is 11.3 Å². The maximum Gasteiger partial charge on any atom is 0.349 e. The molecule has 0 unspecified atom stereocenters. The Labute approximate surface area is 153 Å². The first-order chi connectivity index (χ1) is 12.5. The highest BCUT2D eigenvalue weighted by atomic mass is 32.1. The molecule has 0 radical (unpaired) electrons. The highest BCUT2D eigenvalue weighted by Crippen LogP contribution is 2.31. The number of anilines is 1. The lowest BCUT2D eigenvalue weighted by molar-refractivity contribution is 0.102. The largest absolute Gasteiger partial charge is 0.422 e. The summed E-state index contributed by atoms with van der Waals surface area (Å²) in [5.41, 5.74) is 1.77. The molecule has 0 aliphatic rings. The zero-order valence-corrected chi connectivity index (χ0v) is 15.1. The molecule has 2 heterocycles. The minimum Gasteiger partial charge on any atom is -0.422 e. The lowest BCUT2D eigenvalue weighted by Crippen LogP contribution is -2.20. The van der Waals surface area contributed by atoms with Crippen LogP contribution in [0.4, 0.5) is 5.13 Å². The number of benzene rings is 2. The number of hydrogen-bond donors (Lipinski definition) is 1. The maximum atomic E-state index is 12.6. The first-order valence-corrected chi connectivity index (χ1v) is 9.08. The predicted octanol–water partition coefficient (Wildman–Crippen LogP) is 4.78. The van der Waals surface area contributed by atoms with E-state index in [9.17, 15) is 9.59 Å². The number of carbonyl (C=O) groups is 1. The van der Waals surface area contributed by atoms with Crippen LogP contribution in [0.1, 0.15) is 35.7 Å². The van der Waals surface area contributed by atoms with Gasteiger partial charge < -0.3 is 4.42 Å². The van der Waals surface area contributed by atoms with Crippen molar-refractivity contribution in [1.82, 2.24) is 4.98 Å². The average molecular weight is 364 g/mol.